The van der Waals surface area contributed by atoms with Gasteiger partial charge in [-0.1, -0.05) is 48.0 Å². The molecule has 2 aromatic carbocycles. The van der Waals surface area contributed by atoms with Crippen molar-refractivity contribution >= 4 is 10.0 Å². The van der Waals surface area contributed by atoms with Gasteiger partial charge in [-0.3, -0.25) is 4.90 Å². The summed E-state index contributed by atoms with van der Waals surface area (Å²) in [7, 11) is -3.40. The summed E-state index contributed by atoms with van der Waals surface area (Å²) in [5.41, 5.74) is 2.33. The van der Waals surface area contributed by atoms with E-state index in [1.54, 1.807) is 16.4 Å². The van der Waals surface area contributed by atoms with Gasteiger partial charge in [0.25, 0.3) is 0 Å². The molecule has 1 heterocycles. The first-order valence-electron chi connectivity index (χ1n) is 8.31. The zero-order valence-corrected chi connectivity index (χ0v) is 15.0. The highest BCUT2D eigenvalue weighted by Crippen LogP contribution is 2.21. The predicted octanol–water partition coefficient (Wildman–Crippen LogP) is 2.89. The maximum Gasteiger partial charge on any atom is 0.243 e. The quantitative estimate of drug-likeness (QED) is 0.856. The van der Waals surface area contributed by atoms with E-state index < -0.39 is 10.0 Å². The molecule has 0 spiro atoms. The van der Waals surface area contributed by atoms with E-state index in [4.69, 9.17) is 0 Å². The fourth-order valence-electron chi connectivity index (χ4n) is 3.09. The Morgan fingerprint density at radius 2 is 1.67 bits per heavy atom. The topological polar surface area (TPSA) is 40.6 Å². The number of piperazine rings is 1. The van der Waals surface area contributed by atoms with Crippen LogP contribution in [0, 0.1) is 6.92 Å². The molecule has 4 nitrogen and oxygen atoms in total. The minimum absolute atomic E-state index is 0.194. The van der Waals surface area contributed by atoms with Gasteiger partial charge in [0.15, 0.2) is 0 Å². The third-order valence-electron chi connectivity index (χ3n) is 4.62. The number of aryl methyl sites for hydroxylation is 1. The number of rotatable bonds is 4. The second-order valence-electron chi connectivity index (χ2n) is 6.48. The van der Waals surface area contributed by atoms with Crippen LogP contribution in [0.25, 0.3) is 0 Å². The van der Waals surface area contributed by atoms with Crippen molar-refractivity contribution < 1.29 is 8.42 Å². The molecule has 1 unspecified atom stereocenters. The van der Waals surface area contributed by atoms with Gasteiger partial charge in [-0.2, -0.15) is 4.31 Å². The van der Waals surface area contributed by atoms with Crippen molar-refractivity contribution in [2.45, 2.75) is 31.3 Å². The molecule has 1 aliphatic rings. The maximum atomic E-state index is 12.8. The van der Waals surface area contributed by atoms with E-state index in [2.05, 4.69) is 24.0 Å². The molecule has 0 aromatic heterocycles. The van der Waals surface area contributed by atoms with Crippen molar-refractivity contribution in [3.63, 3.8) is 0 Å². The SMILES string of the molecule is Cc1ccc(S(=O)(=O)N2CCN(Cc3ccccc3)C(C)C2)cc1. The van der Waals surface area contributed by atoms with E-state index in [0.29, 0.717) is 18.0 Å². The molecule has 0 bridgehead atoms. The van der Waals surface area contributed by atoms with Crippen molar-refractivity contribution in [3.8, 4) is 0 Å². The Kier molecular flexibility index (Phi) is 5.04. The Bertz CT molecular complexity index is 773. The molecule has 0 aliphatic carbocycles. The number of nitrogens with zero attached hydrogens (tertiary/aromatic N) is 2. The average Bonchev–Trinajstić information content (AvgIpc) is 2.58. The van der Waals surface area contributed by atoms with Crippen molar-refractivity contribution in [1.29, 1.82) is 0 Å². The second-order valence-corrected chi connectivity index (χ2v) is 8.42. The Labute approximate surface area is 144 Å². The molecular weight excluding hydrogens is 320 g/mol. The van der Waals surface area contributed by atoms with Gasteiger partial charge in [-0.05, 0) is 31.5 Å². The van der Waals surface area contributed by atoms with Gasteiger partial charge in [-0.15, -0.1) is 0 Å². The van der Waals surface area contributed by atoms with Crippen molar-refractivity contribution in [2.75, 3.05) is 19.6 Å². The summed E-state index contributed by atoms with van der Waals surface area (Å²) in [6, 6.07) is 17.6. The van der Waals surface area contributed by atoms with Gasteiger partial charge < -0.3 is 0 Å². The summed E-state index contributed by atoms with van der Waals surface area (Å²) in [5, 5.41) is 0. The largest absolute Gasteiger partial charge is 0.294 e. The van der Waals surface area contributed by atoms with Gasteiger partial charge in [0.2, 0.25) is 10.0 Å². The van der Waals surface area contributed by atoms with E-state index in [0.717, 1.165) is 18.7 Å². The lowest BCUT2D eigenvalue weighted by atomic mass is 10.1. The molecule has 1 atom stereocenters. The van der Waals surface area contributed by atoms with E-state index in [9.17, 15) is 8.42 Å². The second kappa shape index (κ2) is 7.05. The Hall–Kier alpha value is -1.69. The normalized spacial score (nSPS) is 20.2. The number of hydrogen-bond donors (Lipinski definition) is 0. The van der Waals surface area contributed by atoms with Gasteiger partial charge in [-0.25, -0.2) is 8.42 Å². The van der Waals surface area contributed by atoms with Gasteiger partial charge >= 0.3 is 0 Å². The third kappa shape index (κ3) is 3.69. The molecule has 1 fully saturated rings. The van der Waals surface area contributed by atoms with Gasteiger partial charge in [0.05, 0.1) is 4.90 Å². The summed E-state index contributed by atoms with van der Waals surface area (Å²) < 4.78 is 27.2. The fourth-order valence-corrected chi connectivity index (χ4v) is 4.60. The number of hydrogen-bond acceptors (Lipinski definition) is 3. The van der Waals surface area contributed by atoms with Crippen LogP contribution in [-0.4, -0.2) is 43.3 Å². The first-order valence-corrected chi connectivity index (χ1v) is 9.75. The standard InChI is InChI=1S/C19H24N2O2S/c1-16-8-10-19(11-9-16)24(22,23)21-13-12-20(17(2)14-21)15-18-6-4-3-5-7-18/h3-11,17H,12-15H2,1-2H3. The lowest BCUT2D eigenvalue weighted by Crippen LogP contribution is -2.53. The highest BCUT2D eigenvalue weighted by molar-refractivity contribution is 7.89. The van der Waals surface area contributed by atoms with E-state index in [1.807, 2.05) is 37.3 Å². The first-order chi connectivity index (χ1) is 11.5. The van der Waals surface area contributed by atoms with Crippen LogP contribution in [0.5, 0.6) is 0 Å². The molecule has 0 N–H and O–H groups in total. The molecule has 0 saturated carbocycles. The number of benzene rings is 2. The molecule has 1 saturated heterocycles. The Morgan fingerprint density at radius 3 is 2.29 bits per heavy atom. The lowest BCUT2D eigenvalue weighted by Gasteiger charge is -2.39. The van der Waals surface area contributed by atoms with Crippen LogP contribution < -0.4 is 0 Å². The molecule has 128 valence electrons. The predicted molar refractivity (Wildman–Crippen MR) is 96.3 cm³/mol. The number of sulfonamides is 1. The van der Waals surface area contributed by atoms with Crippen LogP contribution in [0.4, 0.5) is 0 Å². The van der Waals surface area contributed by atoms with Crippen LogP contribution in [0.3, 0.4) is 0 Å². The van der Waals surface area contributed by atoms with Crippen LogP contribution in [0.2, 0.25) is 0 Å². The molecule has 0 amide bonds. The maximum absolute atomic E-state index is 12.8. The molecule has 2 aromatic rings. The summed E-state index contributed by atoms with van der Waals surface area (Å²) in [6.45, 7) is 6.73. The monoisotopic (exact) mass is 344 g/mol. The summed E-state index contributed by atoms with van der Waals surface area (Å²) >= 11 is 0. The molecule has 5 heteroatoms. The Morgan fingerprint density at radius 1 is 1.00 bits per heavy atom. The first kappa shape index (κ1) is 17.1. The molecule has 1 aliphatic heterocycles. The van der Waals surface area contributed by atoms with Gasteiger partial charge in [0, 0.05) is 32.2 Å². The van der Waals surface area contributed by atoms with Crippen LogP contribution in [-0.2, 0) is 16.6 Å². The van der Waals surface area contributed by atoms with E-state index in [1.165, 1.54) is 5.56 Å². The average molecular weight is 344 g/mol. The molecular formula is C19H24N2O2S. The zero-order chi connectivity index (χ0) is 17.2. The van der Waals surface area contributed by atoms with Crippen LogP contribution in [0.15, 0.2) is 59.5 Å². The van der Waals surface area contributed by atoms with Crippen LogP contribution >= 0.6 is 0 Å². The lowest BCUT2D eigenvalue weighted by molar-refractivity contribution is 0.122. The smallest absolute Gasteiger partial charge is 0.243 e. The highest BCUT2D eigenvalue weighted by atomic mass is 32.2. The minimum atomic E-state index is -3.40. The van der Waals surface area contributed by atoms with Crippen molar-refractivity contribution in [1.82, 2.24) is 9.21 Å². The van der Waals surface area contributed by atoms with Crippen molar-refractivity contribution in [3.05, 3.63) is 65.7 Å². The van der Waals surface area contributed by atoms with E-state index >= 15 is 0 Å². The highest BCUT2D eigenvalue weighted by Gasteiger charge is 2.32. The molecule has 0 radical (unpaired) electrons. The van der Waals surface area contributed by atoms with Gasteiger partial charge in [0.1, 0.15) is 0 Å². The summed E-state index contributed by atoms with van der Waals surface area (Å²) in [5.74, 6) is 0. The summed E-state index contributed by atoms with van der Waals surface area (Å²) in [4.78, 5) is 2.73. The fraction of sp³-hybridized carbons (Fsp3) is 0.368. The summed E-state index contributed by atoms with van der Waals surface area (Å²) in [6.07, 6.45) is 0. The van der Waals surface area contributed by atoms with Crippen LogP contribution in [0.1, 0.15) is 18.1 Å². The third-order valence-corrected chi connectivity index (χ3v) is 6.49. The van der Waals surface area contributed by atoms with E-state index in [-0.39, 0.29) is 6.04 Å². The Balaban J connectivity index is 1.69. The molecule has 24 heavy (non-hydrogen) atoms. The minimum Gasteiger partial charge on any atom is -0.294 e. The van der Waals surface area contributed by atoms with Crippen molar-refractivity contribution in [2.24, 2.45) is 0 Å². The molecule has 3 rings (SSSR count). The zero-order valence-electron chi connectivity index (χ0n) is 14.2.